The van der Waals surface area contributed by atoms with Gasteiger partial charge < -0.3 is 4.90 Å². The van der Waals surface area contributed by atoms with E-state index in [9.17, 15) is 9.59 Å². The van der Waals surface area contributed by atoms with Gasteiger partial charge in [0, 0.05) is 31.3 Å². The molecule has 5 nitrogen and oxygen atoms in total. The fourth-order valence-electron chi connectivity index (χ4n) is 1.99. The van der Waals surface area contributed by atoms with Crippen molar-refractivity contribution in [2.24, 2.45) is 0 Å². The lowest BCUT2D eigenvalue weighted by Crippen LogP contribution is -2.27. The van der Waals surface area contributed by atoms with Crippen molar-refractivity contribution < 1.29 is 14.4 Å². The number of hydrogen-bond acceptors (Lipinski definition) is 3. The van der Waals surface area contributed by atoms with Crippen molar-refractivity contribution in [3.8, 4) is 0 Å². The van der Waals surface area contributed by atoms with Crippen LogP contribution in [-0.4, -0.2) is 37.6 Å². The predicted molar refractivity (Wildman–Crippen MR) is 67.1 cm³/mol. The Hall–Kier alpha value is -1.88. The van der Waals surface area contributed by atoms with E-state index in [4.69, 9.17) is 4.84 Å². The van der Waals surface area contributed by atoms with Crippen LogP contribution < -0.4 is 4.90 Å². The Kier molecular flexibility index (Phi) is 3.62. The number of hydroxylamine groups is 2. The smallest absolute Gasteiger partial charge is 0.277 e. The summed E-state index contributed by atoms with van der Waals surface area (Å²) in [6.45, 7) is 0.719. The first kappa shape index (κ1) is 12.6. The van der Waals surface area contributed by atoms with Gasteiger partial charge >= 0.3 is 0 Å². The van der Waals surface area contributed by atoms with E-state index in [1.807, 2.05) is 6.07 Å². The summed E-state index contributed by atoms with van der Waals surface area (Å²) in [5.74, 6) is -0.120. The van der Waals surface area contributed by atoms with Gasteiger partial charge in [-0.25, -0.2) is 5.06 Å². The Morgan fingerprint density at radius 2 is 2.22 bits per heavy atom. The zero-order chi connectivity index (χ0) is 13.1. The molecule has 0 aromatic heterocycles. The molecule has 1 aliphatic heterocycles. The van der Waals surface area contributed by atoms with E-state index in [0.717, 1.165) is 23.7 Å². The maximum Gasteiger partial charge on any atom is 0.277 e. The van der Waals surface area contributed by atoms with Gasteiger partial charge in [0.05, 0.1) is 7.11 Å². The second kappa shape index (κ2) is 5.18. The van der Waals surface area contributed by atoms with E-state index in [2.05, 4.69) is 0 Å². The number of carbonyl (C=O) groups is 2. The van der Waals surface area contributed by atoms with Crippen LogP contribution in [0.15, 0.2) is 24.3 Å². The first-order valence-electron chi connectivity index (χ1n) is 5.86. The third kappa shape index (κ3) is 2.36. The van der Waals surface area contributed by atoms with E-state index in [1.54, 1.807) is 30.1 Å². The maximum atomic E-state index is 11.9. The van der Waals surface area contributed by atoms with E-state index in [-0.39, 0.29) is 11.8 Å². The molecule has 1 saturated heterocycles. The molecule has 0 unspecified atom stereocenters. The molecule has 0 saturated carbocycles. The number of amides is 2. The van der Waals surface area contributed by atoms with Gasteiger partial charge in [0.15, 0.2) is 0 Å². The lowest BCUT2D eigenvalue weighted by atomic mass is 10.2. The molecule has 1 aromatic carbocycles. The first-order chi connectivity index (χ1) is 8.63. The zero-order valence-electron chi connectivity index (χ0n) is 10.5. The minimum atomic E-state index is -0.231. The third-order valence-electron chi connectivity index (χ3n) is 3.04. The summed E-state index contributed by atoms with van der Waals surface area (Å²) in [5, 5.41) is 1.16. The number of benzene rings is 1. The molecule has 0 bridgehead atoms. The second-order valence-corrected chi connectivity index (χ2v) is 4.18. The van der Waals surface area contributed by atoms with Crippen LogP contribution in [0.1, 0.15) is 23.2 Å². The minimum absolute atomic E-state index is 0.111. The highest BCUT2D eigenvalue weighted by Crippen LogP contribution is 2.22. The molecule has 0 N–H and O–H groups in total. The molecule has 0 aliphatic carbocycles. The molecule has 1 heterocycles. The average molecular weight is 248 g/mol. The topological polar surface area (TPSA) is 49.9 Å². The summed E-state index contributed by atoms with van der Waals surface area (Å²) in [7, 11) is 2.99. The summed E-state index contributed by atoms with van der Waals surface area (Å²) in [6, 6.07) is 7.05. The van der Waals surface area contributed by atoms with Crippen LogP contribution in [-0.2, 0) is 9.63 Å². The van der Waals surface area contributed by atoms with Crippen LogP contribution in [0.4, 0.5) is 5.69 Å². The summed E-state index contributed by atoms with van der Waals surface area (Å²) < 4.78 is 0. The molecule has 1 fully saturated rings. The Bertz CT molecular complexity index is 473. The molecule has 1 aromatic rings. The number of rotatable bonds is 3. The minimum Gasteiger partial charge on any atom is -0.312 e. The Morgan fingerprint density at radius 3 is 2.83 bits per heavy atom. The summed E-state index contributed by atoms with van der Waals surface area (Å²) in [4.78, 5) is 30.1. The molecule has 2 amide bonds. The summed E-state index contributed by atoms with van der Waals surface area (Å²) in [5.41, 5.74) is 1.28. The molecule has 0 radical (unpaired) electrons. The van der Waals surface area contributed by atoms with Gasteiger partial charge in [-0.1, -0.05) is 6.07 Å². The average Bonchev–Trinajstić information content (AvgIpc) is 2.83. The zero-order valence-corrected chi connectivity index (χ0v) is 10.5. The van der Waals surface area contributed by atoms with Crippen molar-refractivity contribution in [2.75, 3.05) is 25.6 Å². The highest BCUT2D eigenvalue weighted by molar-refractivity contribution is 5.98. The number of hydrogen-bond donors (Lipinski definition) is 0. The van der Waals surface area contributed by atoms with Crippen LogP contribution in [0.2, 0.25) is 0 Å². The normalized spacial score (nSPS) is 15.0. The fourth-order valence-corrected chi connectivity index (χ4v) is 1.99. The second-order valence-electron chi connectivity index (χ2n) is 4.18. The third-order valence-corrected chi connectivity index (χ3v) is 3.04. The van der Waals surface area contributed by atoms with Gasteiger partial charge in [-0.15, -0.1) is 0 Å². The van der Waals surface area contributed by atoms with E-state index in [0.29, 0.717) is 12.0 Å². The standard InChI is InChI=1S/C13H16N2O3/c1-14(18-2)13(17)10-5-3-6-11(9-10)15-8-4-7-12(15)16/h3,5-6,9H,4,7-8H2,1-2H3. The largest absolute Gasteiger partial charge is 0.312 e. The van der Waals surface area contributed by atoms with Gasteiger partial charge in [-0.05, 0) is 24.6 Å². The van der Waals surface area contributed by atoms with Crippen molar-refractivity contribution in [2.45, 2.75) is 12.8 Å². The molecular formula is C13H16N2O3. The van der Waals surface area contributed by atoms with Gasteiger partial charge in [0.1, 0.15) is 0 Å². The van der Waals surface area contributed by atoms with Crippen LogP contribution >= 0.6 is 0 Å². The fraction of sp³-hybridized carbons (Fsp3) is 0.385. The van der Waals surface area contributed by atoms with Crippen molar-refractivity contribution in [3.05, 3.63) is 29.8 Å². The van der Waals surface area contributed by atoms with Crippen molar-refractivity contribution >= 4 is 17.5 Å². The van der Waals surface area contributed by atoms with E-state index >= 15 is 0 Å². The van der Waals surface area contributed by atoms with Crippen LogP contribution in [0.5, 0.6) is 0 Å². The molecule has 2 rings (SSSR count). The highest BCUT2D eigenvalue weighted by atomic mass is 16.7. The van der Waals surface area contributed by atoms with Crippen LogP contribution in [0, 0.1) is 0 Å². The van der Waals surface area contributed by atoms with Gasteiger partial charge in [-0.2, -0.15) is 0 Å². The quantitative estimate of drug-likeness (QED) is 0.761. The SMILES string of the molecule is CON(C)C(=O)c1cccc(N2CCCC2=O)c1. The highest BCUT2D eigenvalue weighted by Gasteiger charge is 2.22. The number of anilines is 1. The lowest BCUT2D eigenvalue weighted by molar-refractivity contribution is -0.117. The molecule has 0 atom stereocenters. The number of nitrogens with zero attached hydrogens (tertiary/aromatic N) is 2. The molecule has 96 valence electrons. The molecule has 0 spiro atoms. The Morgan fingerprint density at radius 1 is 1.44 bits per heavy atom. The van der Waals surface area contributed by atoms with E-state index < -0.39 is 0 Å². The lowest BCUT2D eigenvalue weighted by Gasteiger charge is -2.18. The number of carbonyl (C=O) groups excluding carboxylic acids is 2. The van der Waals surface area contributed by atoms with E-state index in [1.165, 1.54) is 7.11 Å². The monoisotopic (exact) mass is 248 g/mol. The summed E-state index contributed by atoms with van der Waals surface area (Å²) in [6.07, 6.45) is 1.45. The predicted octanol–water partition coefficient (Wildman–Crippen LogP) is 1.45. The molecular weight excluding hydrogens is 232 g/mol. The summed E-state index contributed by atoms with van der Waals surface area (Å²) >= 11 is 0. The van der Waals surface area contributed by atoms with Gasteiger partial charge in [-0.3, -0.25) is 14.4 Å². The Balaban J connectivity index is 2.25. The van der Waals surface area contributed by atoms with Crippen LogP contribution in [0.3, 0.4) is 0 Å². The maximum absolute atomic E-state index is 11.9. The van der Waals surface area contributed by atoms with Crippen molar-refractivity contribution in [3.63, 3.8) is 0 Å². The molecule has 1 aliphatic rings. The molecule has 18 heavy (non-hydrogen) atoms. The first-order valence-corrected chi connectivity index (χ1v) is 5.86. The van der Waals surface area contributed by atoms with Crippen LogP contribution in [0.25, 0.3) is 0 Å². The van der Waals surface area contributed by atoms with Gasteiger partial charge in [0.25, 0.3) is 5.91 Å². The van der Waals surface area contributed by atoms with Crippen molar-refractivity contribution in [1.82, 2.24) is 5.06 Å². The van der Waals surface area contributed by atoms with Crippen molar-refractivity contribution in [1.29, 1.82) is 0 Å². The Labute approximate surface area is 106 Å². The molecule has 5 heteroatoms. The van der Waals surface area contributed by atoms with Gasteiger partial charge in [0.2, 0.25) is 5.91 Å².